The predicted molar refractivity (Wildman–Crippen MR) is 86.8 cm³/mol. The first-order valence-corrected chi connectivity index (χ1v) is 7.98. The molecule has 3 rings (SSSR count). The van der Waals surface area contributed by atoms with Gasteiger partial charge >= 0.3 is 0 Å². The third kappa shape index (κ3) is 2.88. The summed E-state index contributed by atoms with van der Waals surface area (Å²) in [6, 6.07) is 16.4. The molecule has 0 saturated carbocycles. The van der Waals surface area contributed by atoms with Gasteiger partial charge in [-0.05, 0) is 23.8 Å². The maximum atomic E-state index is 9.41. The van der Waals surface area contributed by atoms with E-state index in [0.717, 1.165) is 41.0 Å². The van der Waals surface area contributed by atoms with Crippen molar-refractivity contribution in [2.45, 2.75) is 11.9 Å². The lowest BCUT2D eigenvalue weighted by Gasteiger charge is -2.23. The molecule has 0 fully saturated rings. The lowest BCUT2D eigenvalue weighted by Crippen LogP contribution is -2.26. The van der Waals surface area contributed by atoms with Crippen LogP contribution in [0.25, 0.3) is 0 Å². The average Bonchev–Trinajstić information content (AvgIpc) is 2.76. The Morgan fingerprint density at radius 1 is 1.24 bits per heavy atom. The molecule has 0 unspecified atom stereocenters. The molecule has 0 N–H and O–H groups in total. The lowest BCUT2D eigenvalue weighted by atomic mass is 10.1. The number of hydrogen-bond donors (Lipinski definition) is 0. The minimum absolute atomic E-state index is 0.627. The molecule has 2 aromatic rings. The van der Waals surface area contributed by atoms with Crippen LogP contribution in [0.3, 0.4) is 0 Å². The summed E-state index contributed by atoms with van der Waals surface area (Å²) in [5.74, 6) is 0.940. The Labute approximate surface area is 132 Å². The molecule has 0 spiro atoms. The molecule has 0 amide bonds. The zero-order valence-electron chi connectivity index (χ0n) is 11.6. The molecule has 0 atom stereocenters. The molecule has 2 aromatic carbocycles. The Kier molecular flexibility index (Phi) is 4.12. The zero-order chi connectivity index (χ0) is 14.7. The van der Waals surface area contributed by atoms with E-state index in [0.29, 0.717) is 12.2 Å². The van der Waals surface area contributed by atoms with Gasteiger partial charge in [-0.2, -0.15) is 5.26 Å². The van der Waals surface area contributed by atoms with Gasteiger partial charge in [0.2, 0.25) is 0 Å². The van der Waals surface area contributed by atoms with E-state index < -0.39 is 0 Å². The first-order chi connectivity index (χ1) is 10.3. The van der Waals surface area contributed by atoms with Crippen molar-refractivity contribution in [3.63, 3.8) is 0 Å². The molecule has 1 heterocycles. The van der Waals surface area contributed by atoms with Gasteiger partial charge in [0.1, 0.15) is 18.4 Å². The monoisotopic (exact) mass is 342 g/mol. The highest BCUT2D eigenvalue weighted by atomic mass is 79.9. The smallest absolute Gasteiger partial charge is 0.124 e. The zero-order valence-corrected chi connectivity index (χ0v) is 13.1. The summed E-state index contributed by atoms with van der Waals surface area (Å²) in [4.78, 5) is 2.21. The molecular formula is C17H15BrN2O. The van der Waals surface area contributed by atoms with Crippen molar-refractivity contribution in [1.29, 1.82) is 5.26 Å². The van der Waals surface area contributed by atoms with E-state index in [2.05, 4.69) is 39.0 Å². The van der Waals surface area contributed by atoms with Crippen molar-refractivity contribution in [1.82, 2.24) is 0 Å². The first-order valence-electron chi connectivity index (χ1n) is 6.86. The number of alkyl halides is 1. The second-order valence-electron chi connectivity index (χ2n) is 4.97. The molecule has 21 heavy (non-hydrogen) atoms. The van der Waals surface area contributed by atoms with E-state index in [9.17, 15) is 5.26 Å². The van der Waals surface area contributed by atoms with Crippen molar-refractivity contribution in [3.8, 4) is 11.8 Å². The van der Waals surface area contributed by atoms with Crippen molar-refractivity contribution < 1.29 is 4.74 Å². The average molecular weight is 343 g/mol. The fourth-order valence-corrected chi connectivity index (χ4v) is 2.91. The normalized spacial score (nSPS) is 13.8. The topological polar surface area (TPSA) is 36.3 Å². The molecule has 0 bridgehead atoms. The molecule has 0 saturated heterocycles. The minimum Gasteiger partial charge on any atom is -0.491 e. The van der Waals surface area contributed by atoms with Crippen LogP contribution in [-0.2, 0) is 11.9 Å². The highest BCUT2D eigenvalue weighted by Crippen LogP contribution is 2.28. The van der Waals surface area contributed by atoms with Crippen molar-refractivity contribution in [2.75, 3.05) is 18.1 Å². The third-order valence-corrected chi connectivity index (χ3v) is 4.28. The largest absolute Gasteiger partial charge is 0.491 e. The highest BCUT2D eigenvalue weighted by molar-refractivity contribution is 9.08. The van der Waals surface area contributed by atoms with Gasteiger partial charge in [0.05, 0.1) is 17.8 Å². The van der Waals surface area contributed by atoms with Gasteiger partial charge in [0.15, 0.2) is 0 Å². The Bertz CT molecular complexity index is 693. The molecule has 4 heteroatoms. The number of benzene rings is 2. The lowest BCUT2D eigenvalue weighted by molar-refractivity contribution is 0.331. The molecule has 0 radical (unpaired) electrons. The van der Waals surface area contributed by atoms with Crippen LogP contribution in [-0.4, -0.2) is 13.2 Å². The molecule has 1 aliphatic rings. The first kappa shape index (κ1) is 14.0. The van der Waals surface area contributed by atoms with Crippen LogP contribution in [0.2, 0.25) is 0 Å². The summed E-state index contributed by atoms with van der Waals surface area (Å²) >= 11 is 3.43. The fourth-order valence-electron chi connectivity index (χ4n) is 2.56. The quantitative estimate of drug-likeness (QED) is 0.777. The highest BCUT2D eigenvalue weighted by Gasteiger charge is 2.17. The van der Waals surface area contributed by atoms with Crippen LogP contribution >= 0.6 is 15.9 Å². The summed E-state index contributed by atoms with van der Waals surface area (Å²) in [6.07, 6.45) is 0. The second kappa shape index (κ2) is 6.19. The summed E-state index contributed by atoms with van der Waals surface area (Å²) in [5.41, 5.74) is 3.96. The SMILES string of the molecule is N#Cc1cc(CBr)ccc1N1CCOc2ccccc2C1. The summed E-state index contributed by atoms with van der Waals surface area (Å²) in [6.45, 7) is 2.16. The number of nitrogens with zero attached hydrogens (tertiary/aromatic N) is 2. The van der Waals surface area contributed by atoms with E-state index in [1.54, 1.807) is 0 Å². The maximum Gasteiger partial charge on any atom is 0.124 e. The Balaban J connectivity index is 1.96. The van der Waals surface area contributed by atoms with Crippen LogP contribution < -0.4 is 9.64 Å². The molecule has 106 valence electrons. The standard InChI is InChI=1S/C17H15BrN2O/c18-10-13-5-6-16(15(9-13)11-19)20-7-8-21-17-4-2-1-3-14(17)12-20/h1-6,9H,7-8,10,12H2. The van der Waals surface area contributed by atoms with Gasteiger partial charge in [0.25, 0.3) is 0 Å². The Morgan fingerprint density at radius 3 is 2.90 bits per heavy atom. The number of nitriles is 1. The predicted octanol–water partition coefficient (Wildman–Crippen LogP) is 3.85. The number of hydrogen-bond acceptors (Lipinski definition) is 3. The van der Waals surface area contributed by atoms with Crippen LogP contribution in [0, 0.1) is 11.3 Å². The summed E-state index contributed by atoms with van der Waals surface area (Å²) in [5, 5.41) is 10.2. The van der Waals surface area contributed by atoms with Crippen LogP contribution in [0.1, 0.15) is 16.7 Å². The van der Waals surface area contributed by atoms with Crippen molar-refractivity contribution in [2.24, 2.45) is 0 Å². The number of rotatable bonds is 2. The van der Waals surface area contributed by atoms with Gasteiger partial charge < -0.3 is 9.64 Å². The number of anilines is 1. The van der Waals surface area contributed by atoms with Crippen molar-refractivity contribution in [3.05, 3.63) is 59.2 Å². The summed E-state index contributed by atoms with van der Waals surface area (Å²) in [7, 11) is 0. The third-order valence-electron chi connectivity index (χ3n) is 3.63. The number of ether oxygens (including phenoxy) is 1. The van der Waals surface area contributed by atoms with Gasteiger partial charge in [-0.1, -0.05) is 40.2 Å². The Hall–Kier alpha value is -1.99. The molecule has 1 aliphatic heterocycles. The van der Waals surface area contributed by atoms with Crippen LogP contribution in [0.4, 0.5) is 5.69 Å². The van der Waals surface area contributed by atoms with E-state index in [1.807, 2.05) is 30.3 Å². The van der Waals surface area contributed by atoms with Crippen LogP contribution in [0.5, 0.6) is 5.75 Å². The minimum atomic E-state index is 0.627. The molecule has 0 aromatic heterocycles. The maximum absolute atomic E-state index is 9.41. The van der Waals surface area contributed by atoms with Crippen LogP contribution in [0.15, 0.2) is 42.5 Å². The Morgan fingerprint density at radius 2 is 2.10 bits per heavy atom. The van der Waals surface area contributed by atoms with E-state index in [-0.39, 0.29) is 0 Å². The van der Waals surface area contributed by atoms with E-state index in [1.165, 1.54) is 0 Å². The number of fused-ring (bicyclic) bond motifs is 1. The van der Waals surface area contributed by atoms with E-state index in [4.69, 9.17) is 4.74 Å². The molecule has 3 nitrogen and oxygen atoms in total. The fraction of sp³-hybridized carbons (Fsp3) is 0.235. The molecule has 0 aliphatic carbocycles. The van der Waals surface area contributed by atoms with Gasteiger partial charge in [-0.25, -0.2) is 0 Å². The van der Waals surface area contributed by atoms with Gasteiger partial charge in [-0.15, -0.1) is 0 Å². The van der Waals surface area contributed by atoms with Gasteiger partial charge in [-0.3, -0.25) is 0 Å². The summed E-state index contributed by atoms with van der Waals surface area (Å²) < 4.78 is 5.79. The molecular weight excluding hydrogens is 328 g/mol. The van der Waals surface area contributed by atoms with Gasteiger partial charge in [0, 0.05) is 17.4 Å². The number of para-hydroxylation sites is 1. The number of halogens is 1. The second-order valence-corrected chi connectivity index (χ2v) is 5.54. The van der Waals surface area contributed by atoms with E-state index >= 15 is 0 Å². The van der Waals surface area contributed by atoms with Crippen molar-refractivity contribution >= 4 is 21.6 Å².